The Balaban J connectivity index is 1.93. The van der Waals surface area contributed by atoms with E-state index in [0.717, 1.165) is 53.8 Å². The fourth-order valence-electron chi connectivity index (χ4n) is 4.93. The first kappa shape index (κ1) is 28.6. The number of aryl methyl sites for hydroxylation is 2. The van der Waals surface area contributed by atoms with Gasteiger partial charge in [-0.15, -0.1) is 0 Å². The predicted octanol–water partition coefficient (Wildman–Crippen LogP) is 4.46. The van der Waals surface area contributed by atoms with Gasteiger partial charge in [-0.1, -0.05) is 56.0 Å². The van der Waals surface area contributed by atoms with E-state index in [9.17, 15) is 22.4 Å². The Kier molecular flexibility index (Phi) is 9.70. The van der Waals surface area contributed by atoms with E-state index in [-0.39, 0.29) is 18.5 Å². The Morgan fingerprint density at radius 3 is 2.27 bits per heavy atom. The molecule has 202 valence electrons. The molecule has 0 spiro atoms. The maximum atomic E-state index is 13.8. The molecule has 1 aliphatic carbocycles. The van der Waals surface area contributed by atoms with Gasteiger partial charge < -0.3 is 10.2 Å². The Morgan fingerprint density at radius 2 is 1.70 bits per heavy atom. The number of anilines is 1. The number of nitrogens with one attached hydrogen (secondary N) is 1. The Morgan fingerprint density at radius 1 is 1.05 bits per heavy atom. The van der Waals surface area contributed by atoms with Crippen molar-refractivity contribution >= 4 is 27.5 Å². The number of nitrogens with zero attached hydrogens (tertiary/aromatic N) is 2. The largest absolute Gasteiger partial charge is 0.352 e. The van der Waals surface area contributed by atoms with E-state index in [1.54, 1.807) is 31.2 Å². The number of carbonyl (C=O) groups excluding carboxylic acids is 2. The van der Waals surface area contributed by atoms with Crippen LogP contribution >= 0.6 is 0 Å². The van der Waals surface area contributed by atoms with Crippen molar-refractivity contribution < 1.29 is 22.4 Å². The zero-order valence-corrected chi connectivity index (χ0v) is 23.0. The van der Waals surface area contributed by atoms with Gasteiger partial charge in [-0.05, 0) is 62.4 Å². The van der Waals surface area contributed by atoms with Gasteiger partial charge in [0.1, 0.15) is 18.4 Å². The van der Waals surface area contributed by atoms with Crippen molar-refractivity contribution in [3.8, 4) is 0 Å². The van der Waals surface area contributed by atoms with Gasteiger partial charge >= 0.3 is 0 Å². The summed E-state index contributed by atoms with van der Waals surface area (Å²) in [6, 6.07) is 10.4. The van der Waals surface area contributed by atoms with Crippen LogP contribution in [0.1, 0.15) is 62.1 Å². The van der Waals surface area contributed by atoms with Crippen LogP contribution in [0.25, 0.3) is 0 Å². The summed E-state index contributed by atoms with van der Waals surface area (Å²) in [5.74, 6) is -1.15. The fraction of sp³-hybridized carbons (Fsp3) is 0.500. The maximum absolute atomic E-state index is 13.8. The lowest BCUT2D eigenvalue weighted by molar-refractivity contribution is -0.140. The van der Waals surface area contributed by atoms with Crippen LogP contribution in [-0.2, 0) is 26.2 Å². The van der Waals surface area contributed by atoms with Crippen molar-refractivity contribution in [3.05, 3.63) is 65.0 Å². The van der Waals surface area contributed by atoms with E-state index >= 15 is 0 Å². The summed E-state index contributed by atoms with van der Waals surface area (Å²) in [6.45, 7) is 5.15. The van der Waals surface area contributed by atoms with Crippen LogP contribution in [0, 0.1) is 19.7 Å². The SMILES string of the molecule is CC[C@@H](C(=O)NC1CCCCC1)N(Cc1ccc(F)cc1)C(=O)CN(c1ccc(C)cc1C)S(C)(=O)=O. The summed E-state index contributed by atoms with van der Waals surface area (Å²) < 4.78 is 40.2. The third kappa shape index (κ3) is 7.77. The maximum Gasteiger partial charge on any atom is 0.244 e. The molecule has 1 N–H and O–H groups in total. The van der Waals surface area contributed by atoms with Crippen molar-refractivity contribution in [2.45, 2.75) is 77.9 Å². The molecular formula is C28H38FN3O4S. The van der Waals surface area contributed by atoms with E-state index in [2.05, 4.69) is 5.32 Å². The Bertz CT molecular complexity index is 1190. The van der Waals surface area contributed by atoms with Gasteiger partial charge in [0.15, 0.2) is 0 Å². The quantitative estimate of drug-likeness (QED) is 0.490. The zero-order chi connectivity index (χ0) is 27.2. The second kappa shape index (κ2) is 12.5. The van der Waals surface area contributed by atoms with Gasteiger partial charge in [-0.2, -0.15) is 0 Å². The average Bonchev–Trinajstić information content (AvgIpc) is 2.84. The zero-order valence-electron chi connectivity index (χ0n) is 22.2. The molecule has 0 unspecified atom stereocenters. The summed E-state index contributed by atoms with van der Waals surface area (Å²) in [4.78, 5) is 28.6. The van der Waals surface area contributed by atoms with Crippen LogP contribution in [0.5, 0.6) is 0 Å². The molecule has 0 aliphatic heterocycles. The Hall–Kier alpha value is -2.94. The van der Waals surface area contributed by atoms with Gasteiger partial charge in [-0.25, -0.2) is 12.8 Å². The first-order valence-electron chi connectivity index (χ1n) is 12.9. The second-order valence-electron chi connectivity index (χ2n) is 9.98. The number of hydrogen-bond acceptors (Lipinski definition) is 4. The van der Waals surface area contributed by atoms with Crippen molar-refractivity contribution in [1.29, 1.82) is 0 Å². The molecule has 37 heavy (non-hydrogen) atoms. The summed E-state index contributed by atoms with van der Waals surface area (Å²) in [5, 5.41) is 3.11. The topological polar surface area (TPSA) is 86.8 Å². The standard InChI is InChI=1S/C28H38FN3O4S/c1-5-25(28(34)30-24-9-7-6-8-10-24)31(18-22-12-14-23(29)15-13-22)27(33)19-32(37(4,35)36)26-16-11-20(2)17-21(26)3/h11-17,24-25H,5-10,18-19H2,1-4H3,(H,30,34)/t25-/m0/s1. The molecule has 1 atom stereocenters. The Labute approximate surface area is 220 Å². The van der Waals surface area contributed by atoms with Crippen molar-refractivity contribution in [1.82, 2.24) is 10.2 Å². The number of benzene rings is 2. The minimum absolute atomic E-state index is 0.0557. The molecule has 0 radical (unpaired) electrons. The lowest BCUT2D eigenvalue weighted by atomic mass is 9.95. The molecule has 3 rings (SSSR count). The number of carbonyl (C=O) groups is 2. The van der Waals surface area contributed by atoms with Gasteiger partial charge in [-0.3, -0.25) is 13.9 Å². The molecule has 0 bridgehead atoms. The highest BCUT2D eigenvalue weighted by atomic mass is 32.2. The smallest absolute Gasteiger partial charge is 0.244 e. The van der Waals surface area contributed by atoms with Gasteiger partial charge in [0.05, 0.1) is 11.9 Å². The third-order valence-corrected chi connectivity index (χ3v) is 8.03. The van der Waals surface area contributed by atoms with Gasteiger partial charge in [0.25, 0.3) is 0 Å². The normalized spacial score (nSPS) is 15.2. The molecule has 1 aliphatic rings. The first-order chi connectivity index (χ1) is 17.5. The summed E-state index contributed by atoms with van der Waals surface area (Å²) in [5.41, 5.74) is 2.77. The number of rotatable bonds is 10. The monoisotopic (exact) mass is 531 g/mol. The molecule has 2 amide bonds. The first-order valence-corrected chi connectivity index (χ1v) is 14.7. The minimum Gasteiger partial charge on any atom is -0.352 e. The molecule has 2 aromatic carbocycles. The van der Waals surface area contributed by atoms with Gasteiger partial charge in [0.2, 0.25) is 21.8 Å². The molecule has 9 heteroatoms. The minimum atomic E-state index is -3.80. The second-order valence-corrected chi connectivity index (χ2v) is 11.9. The van der Waals surface area contributed by atoms with Crippen LogP contribution in [0.15, 0.2) is 42.5 Å². The molecule has 2 aromatic rings. The fourth-order valence-corrected chi connectivity index (χ4v) is 5.84. The number of sulfonamides is 1. The van der Waals surface area contributed by atoms with Crippen molar-refractivity contribution in [3.63, 3.8) is 0 Å². The number of hydrogen-bond donors (Lipinski definition) is 1. The van der Waals surface area contributed by atoms with Crippen LogP contribution in [0.4, 0.5) is 10.1 Å². The van der Waals surface area contributed by atoms with Crippen LogP contribution in [0.2, 0.25) is 0 Å². The number of halogens is 1. The average molecular weight is 532 g/mol. The lowest BCUT2D eigenvalue weighted by Gasteiger charge is -2.34. The van der Waals surface area contributed by atoms with Crippen LogP contribution in [0.3, 0.4) is 0 Å². The molecule has 0 aromatic heterocycles. The molecule has 7 nitrogen and oxygen atoms in total. The van der Waals surface area contributed by atoms with Crippen LogP contribution in [-0.4, -0.2) is 50.0 Å². The van der Waals surface area contributed by atoms with E-state index in [1.807, 2.05) is 19.9 Å². The molecular weight excluding hydrogens is 493 g/mol. The van der Waals surface area contributed by atoms with E-state index in [0.29, 0.717) is 17.7 Å². The highest BCUT2D eigenvalue weighted by molar-refractivity contribution is 7.92. The number of amides is 2. The highest BCUT2D eigenvalue weighted by Gasteiger charge is 2.33. The molecule has 0 heterocycles. The van der Waals surface area contributed by atoms with E-state index in [1.165, 1.54) is 17.0 Å². The van der Waals surface area contributed by atoms with E-state index in [4.69, 9.17) is 0 Å². The molecule has 0 saturated heterocycles. The van der Waals surface area contributed by atoms with Crippen molar-refractivity contribution in [2.24, 2.45) is 0 Å². The summed E-state index contributed by atoms with van der Waals surface area (Å²) in [6.07, 6.45) is 6.49. The molecule has 1 fully saturated rings. The van der Waals surface area contributed by atoms with Gasteiger partial charge in [0, 0.05) is 12.6 Å². The lowest BCUT2D eigenvalue weighted by Crippen LogP contribution is -2.54. The third-order valence-electron chi connectivity index (χ3n) is 6.90. The van der Waals surface area contributed by atoms with Crippen LogP contribution < -0.4 is 9.62 Å². The summed E-state index contributed by atoms with van der Waals surface area (Å²) >= 11 is 0. The van der Waals surface area contributed by atoms with Crippen molar-refractivity contribution in [2.75, 3.05) is 17.1 Å². The van der Waals surface area contributed by atoms with E-state index < -0.39 is 34.3 Å². The predicted molar refractivity (Wildman–Crippen MR) is 144 cm³/mol. The summed E-state index contributed by atoms with van der Waals surface area (Å²) in [7, 11) is -3.80. The highest BCUT2D eigenvalue weighted by Crippen LogP contribution is 2.25. The molecule has 1 saturated carbocycles.